The maximum Gasteiger partial charge on any atom is 0.264 e. The summed E-state index contributed by atoms with van der Waals surface area (Å²) in [5.74, 6) is -0.104. The van der Waals surface area contributed by atoms with E-state index in [4.69, 9.17) is 0 Å². The van der Waals surface area contributed by atoms with Gasteiger partial charge in [-0.1, -0.05) is 12.1 Å². The smallest absolute Gasteiger partial charge is 0.264 e. The Balaban J connectivity index is 1.78. The fourth-order valence-corrected chi connectivity index (χ4v) is 3.57. The number of carbonyl (C=O) groups excluding carboxylic acids is 1. The van der Waals surface area contributed by atoms with Gasteiger partial charge in [0.1, 0.15) is 0 Å². The predicted octanol–water partition coefficient (Wildman–Crippen LogP) is 4.90. The molecular formula is C17H13IN2OS2. The third-order valence-corrected chi connectivity index (χ3v) is 5.49. The summed E-state index contributed by atoms with van der Waals surface area (Å²) in [5.41, 5.74) is 1.84. The summed E-state index contributed by atoms with van der Waals surface area (Å²) in [4.78, 5) is 18.4. The van der Waals surface area contributed by atoms with Crippen LogP contribution in [0.1, 0.15) is 5.56 Å². The molecule has 0 radical (unpaired) electrons. The molecule has 3 rings (SSSR count). The van der Waals surface area contributed by atoms with Crippen LogP contribution >= 0.6 is 46.1 Å². The van der Waals surface area contributed by atoms with Crippen molar-refractivity contribution < 1.29 is 4.79 Å². The molecule has 3 nitrogen and oxygen atoms in total. The third-order valence-electron chi connectivity index (χ3n) is 3.12. The molecule has 1 saturated heterocycles. The van der Waals surface area contributed by atoms with Crippen molar-refractivity contribution in [2.24, 2.45) is 4.99 Å². The van der Waals surface area contributed by atoms with Crippen LogP contribution < -0.4 is 5.32 Å². The lowest BCUT2D eigenvalue weighted by atomic mass is 10.2. The normalized spacial score (nSPS) is 17.7. The Morgan fingerprint density at radius 3 is 2.48 bits per heavy atom. The second kappa shape index (κ2) is 7.55. The molecule has 0 bridgehead atoms. The highest BCUT2D eigenvalue weighted by atomic mass is 127. The molecule has 1 heterocycles. The van der Waals surface area contributed by atoms with Gasteiger partial charge >= 0.3 is 0 Å². The first-order chi connectivity index (χ1) is 11.1. The van der Waals surface area contributed by atoms with Gasteiger partial charge in [-0.3, -0.25) is 4.79 Å². The van der Waals surface area contributed by atoms with Crippen LogP contribution in [0, 0.1) is 3.57 Å². The van der Waals surface area contributed by atoms with Gasteiger partial charge in [0.25, 0.3) is 5.91 Å². The standard InChI is InChI=1S/C17H13IN2OS2/c1-22-14-8-2-11(3-9-14)10-15-16(21)20-17(23-15)19-13-6-4-12(18)5-7-13/h2-10H,1H3,(H,19,20,21)/b15-10+. The number of nitrogens with zero attached hydrogens (tertiary/aromatic N) is 1. The molecule has 1 aliphatic rings. The molecule has 0 atom stereocenters. The van der Waals surface area contributed by atoms with Crippen LogP contribution in [0.25, 0.3) is 6.08 Å². The molecular weight excluding hydrogens is 439 g/mol. The van der Waals surface area contributed by atoms with Gasteiger partial charge in [0.15, 0.2) is 5.17 Å². The highest BCUT2D eigenvalue weighted by molar-refractivity contribution is 14.1. The number of hydrogen-bond acceptors (Lipinski definition) is 4. The Morgan fingerprint density at radius 1 is 1.13 bits per heavy atom. The molecule has 1 amide bonds. The van der Waals surface area contributed by atoms with Crippen LogP contribution in [0.15, 0.2) is 63.3 Å². The second-order valence-electron chi connectivity index (χ2n) is 4.73. The fraction of sp³-hybridized carbons (Fsp3) is 0.0588. The van der Waals surface area contributed by atoms with Gasteiger partial charge in [-0.2, -0.15) is 0 Å². The molecule has 0 spiro atoms. The molecule has 23 heavy (non-hydrogen) atoms. The van der Waals surface area contributed by atoms with Gasteiger partial charge in [0.2, 0.25) is 0 Å². The topological polar surface area (TPSA) is 41.5 Å². The Bertz CT molecular complexity index is 783. The molecule has 116 valence electrons. The van der Waals surface area contributed by atoms with Crippen LogP contribution in [0.2, 0.25) is 0 Å². The van der Waals surface area contributed by atoms with E-state index in [1.165, 1.54) is 16.7 Å². The van der Waals surface area contributed by atoms with E-state index in [-0.39, 0.29) is 5.91 Å². The van der Waals surface area contributed by atoms with E-state index in [0.717, 1.165) is 14.8 Å². The number of carbonyl (C=O) groups is 1. The van der Waals surface area contributed by atoms with Crippen LogP contribution in [-0.4, -0.2) is 17.3 Å². The number of amidine groups is 1. The maximum absolute atomic E-state index is 12.1. The Labute approximate surface area is 157 Å². The molecule has 1 N–H and O–H groups in total. The van der Waals surface area contributed by atoms with Gasteiger partial charge in [0.05, 0.1) is 10.6 Å². The number of thioether (sulfide) groups is 2. The minimum atomic E-state index is -0.104. The third kappa shape index (κ3) is 4.39. The van der Waals surface area contributed by atoms with Crippen molar-refractivity contribution in [3.05, 3.63) is 62.6 Å². The first-order valence-electron chi connectivity index (χ1n) is 6.83. The summed E-state index contributed by atoms with van der Waals surface area (Å²) in [6.45, 7) is 0. The lowest BCUT2D eigenvalue weighted by molar-refractivity contribution is -0.115. The number of rotatable bonds is 3. The predicted molar refractivity (Wildman–Crippen MR) is 108 cm³/mol. The van der Waals surface area contributed by atoms with E-state index in [1.807, 2.05) is 48.7 Å². The zero-order valence-electron chi connectivity index (χ0n) is 12.2. The van der Waals surface area contributed by atoms with Crippen molar-refractivity contribution in [2.45, 2.75) is 4.90 Å². The Kier molecular flexibility index (Phi) is 5.45. The van der Waals surface area contributed by atoms with Gasteiger partial charge in [-0.15, -0.1) is 11.8 Å². The van der Waals surface area contributed by atoms with Gasteiger partial charge in [-0.05, 0) is 88.6 Å². The molecule has 1 aliphatic heterocycles. The summed E-state index contributed by atoms with van der Waals surface area (Å²) >= 11 is 5.32. The van der Waals surface area contributed by atoms with E-state index >= 15 is 0 Å². The number of nitrogens with one attached hydrogen (secondary N) is 1. The summed E-state index contributed by atoms with van der Waals surface area (Å²) in [6, 6.07) is 16.0. The highest BCUT2D eigenvalue weighted by Gasteiger charge is 2.23. The van der Waals surface area contributed by atoms with Crippen LogP contribution in [0.5, 0.6) is 0 Å². The Hall–Kier alpha value is -1.25. The zero-order valence-corrected chi connectivity index (χ0v) is 16.0. The summed E-state index contributed by atoms with van der Waals surface area (Å²) in [7, 11) is 0. The van der Waals surface area contributed by atoms with Crippen LogP contribution in [0.3, 0.4) is 0 Å². The summed E-state index contributed by atoms with van der Waals surface area (Å²) in [5, 5.41) is 3.42. The van der Waals surface area contributed by atoms with Crippen molar-refractivity contribution in [3.8, 4) is 0 Å². The van der Waals surface area contributed by atoms with Crippen molar-refractivity contribution >= 4 is 69.0 Å². The lowest BCUT2D eigenvalue weighted by Gasteiger charge is -1.98. The van der Waals surface area contributed by atoms with Crippen molar-refractivity contribution in [1.82, 2.24) is 5.32 Å². The minimum absolute atomic E-state index is 0.104. The molecule has 2 aromatic carbocycles. The van der Waals surface area contributed by atoms with Gasteiger partial charge in [0, 0.05) is 8.47 Å². The van der Waals surface area contributed by atoms with Crippen molar-refractivity contribution in [3.63, 3.8) is 0 Å². The number of amides is 1. The summed E-state index contributed by atoms with van der Waals surface area (Å²) < 4.78 is 1.16. The average Bonchev–Trinajstić information content (AvgIpc) is 2.90. The van der Waals surface area contributed by atoms with E-state index in [1.54, 1.807) is 11.8 Å². The average molecular weight is 452 g/mol. The first-order valence-corrected chi connectivity index (χ1v) is 9.95. The highest BCUT2D eigenvalue weighted by Crippen LogP contribution is 2.28. The number of aliphatic imine (C=N–C) groups is 1. The molecule has 6 heteroatoms. The Morgan fingerprint density at radius 2 is 1.83 bits per heavy atom. The quantitative estimate of drug-likeness (QED) is 0.409. The SMILES string of the molecule is CSc1ccc(/C=C2/SC(=Nc3ccc(I)cc3)NC2=O)cc1. The zero-order chi connectivity index (χ0) is 16.2. The molecule has 0 aromatic heterocycles. The minimum Gasteiger partial charge on any atom is -0.300 e. The first kappa shape index (κ1) is 16.6. The maximum atomic E-state index is 12.1. The van der Waals surface area contributed by atoms with Gasteiger partial charge in [-0.25, -0.2) is 4.99 Å². The fourth-order valence-electron chi connectivity index (χ4n) is 1.96. The number of hydrogen-bond donors (Lipinski definition) is 1. The van der Waals surface area contributed by atoms with Crippen LogP contribution in [-0.2, 0) is 4.79 Å². The van der Waals surface area contributed by atoms with E-state index < -0.39 is 0 Å². The van der Waals surface area contributed by atoms with E-state index in [9.17, 15) is 4.79 Å². The molecule has 0 saturated carbocycles. The monoisotopic (exact) mass is 452 g/mol. The lowest BCUT2D eigenvalue weighted by Crippen LogP contribution is -2.19. The number of benzene rings is 2. The molecule has 0 unspecified atom stereocenters. The molecule has 1 fully saturated rings. The largest absolute Gasteiger partial charge is 0.300 e. The molecule has 0 aliphatic carbocycles. The number of halogens is 1. The second-order valence-corrected chi connectivity index (χ2v) is 7.89. The van der Waals surface area contributed by atoms with Crippen molar-refractivity contribution in [2.75, 3.05) is 6.26 Å². The molecule has 2 aromatic rings. The van der Waals surface area contributed by atoms with E-state index in [2.05, 4.69) is 45.0 Å². The summed E-state index contributed by atoms with van der Waals surface area (Å²) in [6.07, 6.45) is 3.93. The van der Waals surface area contributed by atoms with Crippen LogP contribution in [0.4, 0.5) is 5.69 Å². The van der Waals surface area contributed by atoms with Crippen molar-refractivity contribution in [1.29, 1.82) is 0 Å². The van der Waals surface area contributed by atoms with E-state index in [0.29, 0.717) is 10.1 Å². The van der Waals surface area contributed by atoms with Gasteiger partial charge < -0.3 is 5.32 Å².